The molecule has 0 aliphatic heterocycles. The largest absolute Gasteiger partial charge is 0.330 e. The van der Waals surface area contributed by atoms with Crippen LogP contribution < -0.4 is 5.73 Å². The minimum Gasteiger partial charge on any atom is -0.330 e. The topological polar surface area (TPSA) is 26.0 Å². The van der Waals surface area contributed by atoms with Crippen LogP contribution in [0.2, 0.25) is 0 Å². The average Bonchev–Trinajstić information content (AvgIpc) is 2.68. The van der Waals surface area contributed by atoms with E-state index in [4.69, 9.17) is 5.73 Å². The monoisotopic (exact) mass is 267 g/mol. The fourth-order valence-electron chi connectivity index (χ4n) is 2.68. The molecule has 1 aliphatic rings. The Morgan fingerprint density at radius 1 is 1.33 bits per heavy atom. The Morgan fingerprint density at radius 2 is 1.93 bits per heavy atom. The van der Waals surface area contributed by atoms with E-state index in [1.165, 1.54) is 17.5 Å². The lowest BCUT2D eigenvalue weighted by Gasteiger charge is -2.20. The molecule has 1 aromatic rings. The van der Waals surface area contributed by atoms with Gasteiger partial charge in [-0.1, -0.05) is 35.8 Å². The number of benzene rings is 1. The van der Waals surface area contributed by atoms with Crippen LogP contribution in [-0.4, -0.2) is 6.54 Å². The smallest absolute Gasteiger partial charge is 0.0180 e. The first-order chi connectivity index (χ1) is 6.91. The van der Waals surface area contributed by atoms with Crippen molar-refractivity contribution in [3.63, 3.8) is 0 Å². The molecule has 1 nitrogen and oxygen atoms in total. The average molecular weight is 268 g/mol. The Kier molecular flexibility index (Phi) is 2.47. The molecule has 2 N–H and O–H groups in total. The Bertz CT molecular complexity index is 377. The van der Waals surface area contributed by atoms with E-state index in [-0.39, 0.29) is 5.41 Å². The summed E-state index contributed by atoms with van der Waals surface area (Å²) >= 11 is 3.56. The third-order valence-corrected chi connectivity index (χ3v) is 4.32. The van der Waals surface area contributed by atoms with Gasteiger partial charge >= 0.3 is 0 Å². The van der Waals surface area contributed by atoms with Gasteiger partial charge in [0.1, 0.15) is 0 Å². The summed E-state index contributed by atoms with van der Waals surface area (Å²) in [6, 6.07) is 6.63. The third-order valence-electron chi connectivity index (χ3n) is 3.86. The van der Waals surface area contributed by atoms with Crippen molar-refractivity contribution < 1.29 is 0 Å². The standard InChI is InChI=1S/C13H18BrN/c1-9-4-10(6-11(14)5-9)13(8-15)7-12(13,2)3/h4-6H,7-8,15H2,1-3H3. The summed E-state index contributed by atoms with van der Waals surface area (Å²) in [4.78, 5) is 0. The predicted octanol–water partition coefficient (Wildman–Crippen LogP) is 3.38. The highest BCUT2D eigenvalue weighted by Gasteiger charge is 2.60. The Morgan fingerprint density at radius 3 is 2.33 bits per heavy atom. The minimum atomic E-state index is 0.210. The number of halogens is 1. The van der Waals surface area contributed by atoms with Crippen LogP contribution in [0.25, 0.3) is 0 Å². The molecule has 82 valence electrons. The molecule has 0 aromatic heterocycles. The second-order valence-electron chi connectivity index (χ2n) is 5.36. The van der Waals surface area contributed by atoms with Crippen molar-refractivity contribution >= 4 is 15.9 Å². The fraction of sp³-hybridized carbons (Fsp3) is 0.538. The van der Waals surface area contributed by atoms with Gasteiger partial charge < -0.3 is 5.73 Å². The summed E-state index contributed by atoms with van der Waals surface area (Å²) in [7, 11) is 0. The van der Waals surface area contributed by atoms with Crippen LogP contribution in [-0.2, 0) is 5.41 Å². The van der Waals surface area contributed by atoms with Gasteiger partial charge in [0.05, 0.1) is 0 Å². The Balaban J connectivity index is 2.46. The van der Waals surface area contributed by atoms with Crippen molar-refractivity contribution in [2.75, 3.05) is 6.54 Å². The van der Waals surface area contributed by atoms with Crippen LogP contribution >= 0.6 is 15.9 Å². The summed E-state index contributed by atoms with van der Waals surface area (Å²) in [5.41, 5.74) is 9.22. The molecule has 0 bridgehead atoms. The van der Waals surface area contributed by atoms with E-state index >= 15 is 0 Å². The third kappa shape index (κ3) is 1.64. The molecule has 0 spiro atoms. The van der Waals surface area contributed by atoms with Gasteiger partial charge in [-0.3, -0.25) is 0 Å². The summed E-state index contributed by atoms with van der Waals surface area (Å²) < 4.78 is 1.16. The number of hydrogen-bond donors (Lipinski definition) is 1. The number of nitrogens with two attached hydrogens (primary N) is 1. The molecule has 2 rings (SSSR count). The van der Waals surface area contributed by atoms with E-state index in [9.17, 15) is 0 Å². The van der Waals surface area contributed by atoms with Crippen molar-refractivity contribution in [3.05, 3.63) is 33.8 Å². The quantitative estimate of drug-likeness (QED) is 0.874. The van der Waals surface area contributed by atoms with Crippen molar-refractivity contribution in [1.82, 2.24) is 0 Å². The van der Waals surface area contributed by atoms with Gasteiger partial charge in [0, 0.05) is 16.4 Å². The first-order valence-corrected chi connectivity index (χ1v) is 6.18. The highest BCUT2D eigenvalue weighted by molar-refractivity contribution is 9.10. The van der Waals surface area contributed by atoms with Gasteiger partial charge in [-0.25, -0.2) is 0 Å². The number of rotatable bonds is 2. The molecule has 1 fully saturated rings. The van der Waals surface area contributed by atoms with Crippen LogP contribution in [0.3, 0.4) is 0 Å². The zero-order chi connectivity index (χ0) is 11.3. The number of aryl methyl sites for hydroxylation is 1. The van der Waals surface area contributed by atoms with Gasteiger partial charge in [-0.15, -0.1) is 0 Å². The summed E-state index contributed by atoms with van der Waals surface area (Å²) in [6.45, 7) is 7.48. The van der Waals surface area contributed by atoms with Crippen molar-refractivity contribution in [2.24, 2.45) is 11.1 Å². The van der Waals surface area contributed by atoms with Crippen LogP contribution in [0.4, 0.5) is 0 Å². The molecule has 0 radical (unpaired) electrons. The van der Waals surface area contributed by atoms with E-state index in [2.05, 4.69) is 54.9 Å². The normalized spacial score (nSPS) is 27.8. The lowest BCUT2D eigenvalue weighted by Crippen LogP contribution is -2.25. The maximum Gasteiger partial charge on any atom is 0.0180 e. The second-order valence-corrected chi connectivity index (χ2v) is 6.28. The molecule has 15 heavy (non-hydrogen) atoms. The van der Waals surface area contributed by atoms with Crippen LogP contribution in [0.1, 0.15) is 31.4 Å². The highest BCUT2D eigenvalue weighted by Crippen LogP contribution is 2.63. The Hall–Kier alpha value is -0.340. The van der Waals surface area contributed by atoms with Crippen LogP contribution in [0.15, 0.2) is 22.7 Å². The van der Waals surface area contributed by atoms with Crippen LogP contribution in [0.5, 0.6) is 0 Å². The molecule has 0 saturated heterocycles. The second kappa shape index (κ2) is 3.33. The predicted molar refractivity (Wildman–Crippen MR) is 68.0 cm³/mol. The summed E-state index contributed by atoms with van der Waals surface area (Å²) in [5, 5.41) is 0. The van der Waals surface area contributed by atoms with Crippen molar-refractivity contribution in [3.8, 4) is 0 Å². The molecule has 1 aliphatic carbocycles. The van der Waals surface area contributed by atoms with E-state index in [0.717, 1.165) is 11.0 Å². The van der Waals surface area contributed by atoms with E-state index < -0.39 is 0 Å². The maximum absolute atomic E-state index is 5.96. The summed E-state index contributed by atoms with van der Waals surface area (Å²) in [6.07, 6.45) is 1.20. The van der Waals surface area contributed by atoms with E-state index in [1.54, 1.807) is 0 Å². The fourth-order valence-corrected chi connectivity index (χ4v) is 3.29. The van der Waals surface area contributed by atoms with Crippen molar-refractivity contribution in [2.45, 2.75) is 32.6 Å². The first-order valence-electron chi connectivity index (χ1n) is 5.39. The zero-order valence-electron chi connectivity index (χ0n) is 9.60. The van der Waals surface area contributed by atoms with Gasteiger partial charge in [0.25, 0.3) is 0 Å². The van der Waals surface area contributed by atoms with Crippen molar-refractivity contribution in [1.29, 1.82) is 0 Å². The Labute approximate surface area is 100 Å². The molecular weight excluding hydrogens is 250 g/mol. The van der Waals surface area contributed by atoms with E-state index in [1.807, 2.05) is 0 Å². The molecule has 1 aromatic carbocycles. The SMILES string of the molecule is Cc1cc(Br)cc(C2(CN)CC2(C)C)c1. The molecular formula is C13H18BrN. The lowest BCUT2D eigenvalue weighted by atomic mass is 9.87. The zero-order valence-corrected chi connectivity index (χ0v) is 11.2. The van der Waals surface area contributed by atoms with Gasteiger partial charge in [-0.05, 0) is 42.0 Å². The van der Waals surface area contributed by atoms with Gasteiger partial charge in [-0.2, -0.15) is 0 Å². The van der Waals surface area contributed by atoms with Gasteiger partial charge in [0.15, 0.2) is 0 Å². The van der Waals surface area contributed by atoms with Crippen LogP contribution in [0, 0.1) is 12.3 Å². The van der Waals surface area contributed by atoms with Gasteiger partial charge in [0.2, 0.25) is 0 Å². The number of hydrogen-bond acceptors (Lipinski definition) is 1. The molecule has 0 heterocycles. The molecule has 1 saturated carbocycles. The highest BCUT2D eigenvalue weighted by atomic mass is 79.9. The minimum absolute atomic E-state index is 0.210. The molecule has 2 heteroatoms. The van der Waals surface area contributed by atoms with E-state index in [0.29, 0.717) is 5.41 Å². The maximum atomic E-state index is 5.96. The first kappa shape index (κ1) is 11.2. The summed E-state index contributed by atoms with van der Waals surface area (Å²) in [5.74, 6) is 0. The molecule has 1 atom stereocenters. The molecule has 1 unspecified atom stereocenters. The molecule has 0 amide bonds. The lowest BCUT2D eigenvalue weighted by molar-refractivity contribution is 0.502.